The fourth-order valence-corrected chi connectivity index (χ4v) is 2.25. The molecule has 0 atom stereocenters. The summed E-state index contributed by atoms with van der Waals surface area (Å²) >= 11 is 9.17. The van der Waals surface area contributed by atoms with Crippen LogP contribution in [0.25, 0.3) is 0 Å². The summed E-state index contributed by atoms with van der Waals surface area (Å²) in [4.78, 5) is 0. The Kier molecular flexibility index (Phi) is 4.06. The van der Waals surface area contributed by atoms with Gasteiger partial charge in [0.15, 0.2) is 5.75 Å². The predicted molar refractivity (Wildman–Crippen MR) is 75.1 cm³/mol. The van der Waals surface area contributed by atoms with Crippen LogP contribution in [0.3, 0.4) is 0 Å². The molecule has 0 saturated heterocycles. The first-order chi connectivity index (χ1) is 9.15. The van der Waals surface area contributed by atoms with Crippen LogP contribution in [0.4, 0.5) is 0 Å². The Morgan fingerprint density at radius 3 is 2.21 bits per heavy atom. The number of benzene rings is 2. The van der Waals surface area contributed by atoms with Gasteiger partial charge in [-0.3, -0.25) is 0 Å². The normalized spacial score (nSPS) is 9.47. The van der Waals surface area contributed by atoms with Crippen molar-refractivity contribution in [2.75, 3.05) is 0 Å². The van der Waals surface area contributed by atoms with Crippen LogP contribution in [0.15, 0.2) is 40.9 Å². The molecule has 2 aromatic carbocycles. The van der Waals surface area contributed by atoms with Crippen molar-refractivity contribution in [3.63, 3.8) is 0 Å². The summed E-state index contributed by atoms with van der Waals surface area (Å²) < 4.78 is 6.31. The highest BCUT2D eigenvalue weighted by Crippen LogP contribution is 2.34. The Morgan fingerprint density at radius 2 is 1.68 bits per heavy atom. The van der Waals surface area contributed by atoms with E-state index >= 15 is 0 Å². The average molecular weight is 334 g/mol. The van der Waals surface area contributed by atoms with Crippen molar-refractivity contribution in [1.29, 1.82) is 10.5 Å². The summed E-state index contributed by atoms with van der Waals surface area (Å²) in [5.74, 6) is 0.735. The first kappa shape index (κ1) is 13.4. The minimum atomic E-state index is 0.246. The molecule has 0 aromatic heterocycles. The minimum Gasteiger partial charge on any atom is -0.453 e. The van der Waals surface area contributed by atoms with Crippen molar-refractivity contribution < 1.29 is 4.74 Å². The highest BCUT2D eigenvalue weighted by molar-refractivity contribution is 9.10. The zero-order valence-corrected chi connectivity index (χ0v) is 11.9. The van der Waals surface area contributed by atoms with Crippen LogP contribution in [0.2, 0.25) is 5.02 Å². The number of ether oxygens (including phenoxy) is 1. The highest BCUT2D eigenvalue weighted by atomic mass is 79.9. The lowest BCUT2D eigenvalue weighted by atomic mass is 10.1. The number of nitriles is 2. The fourth-order valence-electron chi connectivity index (χ4n) is 1.49. The van der Waals surface area contributed by atoms with Crippen LogP contribution >= 0.6 is 27.5 Å². The quantitative estimate of drug-likeness (QED) is 0.804. The van der Waals surface area contributed by atoms with Crippen molar-refractivity contribution in [3.8, 4) is 23.6 Å². The van der Waals surface area contributed by atoms with E-state index in [9.17, 15) is 0 Å². The molecule has 0 fully saturated rings. The molecule has 0 saturated carbocycles. The van der Waals surface area contributed by atoms with E-state index in [0.29, 0.717) is 26.4 Å². The van der Waals surface area contributed by atoms with Crippen molar-refractivity contribution in [1.82, 2.24) is 0 Å². The molecule has 19 heavy (non-hydrogen) atoms. The zero-order valence-electron chi connectivity index (χ0n) is 9.52. The average Bonchev–Trinajstić information content (AvgIpc) is 2.42. The van der Waals surface area contributed by atoms with Gasteiger partial charge >= 0.3 is 0 Å². The van der Waals surface area contributed by atoms with E-state index in [0.717, 1.165) is 0 Å². The van der Waals surface area contributed by atoms with Crippen LogP contribution in [0, 0.1) is 22.7 Å². The maximum absolute atomic E-state index is 9.06. The number of nitrogens with zero attached hydrogens (tertiary/aromatic N) is 2. The Balaban J connectivity index is 2.49. The molecule has 92 valence electrons. The third kappa shape index (κ3) is 2.88. The van der Waals surface area contributed by atoms with Gasteiger partial charge in [-0.1, -0.05) is 17.7 Å². The highest BCUT2D eigenvalue weighted by Gasteiger charge is 2.12. The third-order valence-electron chi connectivity index (χ3n) is 2.36. The van der Waals surface area contributed by atoms with E-state index in [1.54, 1.807) is 36.4 Å². The van der Waals surface area contributed by atoms with Crippen LogP contribution < -0.4 is 4.74 Å². The molecule has 0 aliphatic heterocycles. The molecule has 0 radical (unpaired) electrons. The first-order valence-electron chi connectivity index (χ1n) is 5.22. The van der Waals surface area contributed by atoms with E-state index in [-0.39, 0.29) is 5.75 Å². The Morgan fingerprint density at radius 1 is 1.05 bits per heavy atom. The molecular formula is C14H6BrClN2O. The molecule has 0 heterocycles. The number of rotatable bonds is 2. The molecule has 0 amide bonds. The summed E-state index contributed by atoms with van der Waals surface area (Å²) in [5, 5.41) is 18.7. The second kappa shape index (κ2) is 5.75. The van der Waals surface area contributed by atoms with Gasteiger partial charge in [-0.15, -0.1) is 0 Å². The largest absolute Gasteiger partial charge is 0.453 e. The van der Waals surface area contributed by atoms with Gasteiger partial charge in [-0.05, 0) is 46.3 Å². The van der Waals surface area contributed by atoms with Gasteiger partial charge < -0.3 is 4.74 Å². The smallest absolute Gasteiger partial charge is 0.162 e. The molecule has 0 aliphatic carbocycles. The van der Waals surface area contributed by atoms with Crippen LogP contribution in [0.1, 0.15) is 11.1 Å². The molecule has 0 unspecified atom stereocenters. The van der Waals surface area contributed by atoms with E-state index in [4.69, 9.17) is 26.9 Å². The Hall–Kier alpha value is -2.01. The second-order valence-electron chi connectivity index (χ2n) is 3.58. The topological polar surface area (TPSA) is 56.8 Å². The SMILES string of the molecule is N#Cc1cccc(C#N)c1Oc1ccc(Cl)cc1Br. The third-order valence-corrected chi connectivity index (χ3v) is 3.22. The lowest BCUT2D eigenvalue weighted by Gasteiger charge is -2.10. The predicted octanol–water partition coefficient (Wildman–Crippen LogP) is 4.64. The monoisotopic (exact) mass is 332 g/mol. The zero-order chi connectivity index (χ0) is 13.8. The van der Waals surface area contributed by atoms with Gasteiger partial charge in [0, 0.05) is 5.02 Å². The van der Waals surface area contributed by atoms with Crippen LogP contribution in [-0.4, -0.2) is 0 Å². The lowest BCUT2D eigenvalue weighted by molar-refractivity contribution is 0.476. The number of halogens is 2. The molecule has 0 spiro atoms. The molecule has 2 rings (SSSR count). The maximum atomic E-state index is 9.06. The van der Waals surface area contributed by atoms with E-state index in [2.05, 4.69) is 15.9 Å². The molecule has 0 N–H and O–H groups in total. The Bertz CT molecular complexity index is 684. The van der Waals surface area contributed by atoms with Crippen molar-refractivity contribution in [2.45, 2.75) is 0 Å². The van der Waals surface area contributed by atoms with Gasteiger partial charge in [0.2, 0.25) is 0 Å². The van der Waals surface area contributed by atoms with Gasteiger partial charge in [0.25, 0.3) is 0 Å². The Labute approximate surface area is 123 Å². The van der Waals surface area contributed by atoms with Gasteiger partial charge in [0.05, 0.1) is 15.6 Å². The minimum absolute atomic E-state index is 0.246. The lowest BCUT2D eigenvalue weighted by Crippen LogP contribution is -1.92. The molecule has 5 heteroatoms. The maximum Gasteiger partial charge on any atom is 0.162 e. The van der Waals surface area contributed by atoms with Gasteiger partial charge in [-0.2, -0.15) is 10.5 Å². The molecule has 0 bridgehead atoms. The second-order valence-corrected chi connectivity index (χ2v) is 4.87. The first-order valence-corrected chi connectivity index (χ1v) is 6.39. The summed E-state index contributed by atoms with van der Waals surface area (Å²) in [6, 6.07) is 13.9. The fraction of sp³-hybridized carbons (Fsp3) is 0. The van der Waals surface area contributed by atoms with E-state index in [1.807, 2.05) is 12.1 Å². The molecule has 0 aliphatic rings. The molecular weight excluding hydrogens is 328 g/mol. The van der Waals surface area contributed by atoms with Crippen LogP contribution in [-0.2, 0) is 0 Å². The standard InChI is InChI=1S/C14H6BrClN2O/c15-12-6-11(16)4-5-13(12)19-14-9(7-17)2-1-3-10(14)8-18/h1-6H. The van der Waals surface area contributed by atoms with Crippen molar-refractivity contribution in [2.24, 2.45) is 0 Å². The van der Waals surface area contributed by atoms with Gasteiger partial charge in [-0.25, -0.2) is 0 Å². The molecule has 3 nitrogen and oxygen atoms in total. The van der Waals surface area contributed by atoms with Crippen LogP contribution in [0.5, 0.6) is 11.5 Å². The number of hydrogen-bond acceptors (Lipinski definition) is 3. The van der Waals surface area contributed by atoms with Crippen molar-refractivity contribution >= 4 is 27.5 Å². The number of hydrogen-bond donors (Lipinski definition) is 0. The summed E-state index contributed by atoms with van der Waals surface area (Å²) in [6.07, 6.45) is 0. The van der Waals surface area contributed by atoms with E-state index < -0.39 is 0 Å². The molecule has 2 aromatic rings. The van der Waals surface area contributed by atoms with Gasteiger partial charge in [0.1, 0.15) is 17.9 Å². The number of para-hydroxylation sites is 1. The summed E-state index contributed by atoms with van der Waals surface area (Å²) in [6.45, 7) is 0. The van der Waals surface area contributed by atoms with E-state index in [1.165, 1.54) is 0 Å². The summed E-state index contributed by atoms with van der Waals surface area (Å²) in [7, 11) is 0. The summed E-state index contributed by atoms with van der Waals surface area (Å²) in [5.41, 5.74) is 0.613. The van der Waals surface area contributed by atoms with Crippen molar-refractivity contribution in [3.05, 3.63) is 57.0 Å².